The first-order valence-electron chi connectivity index (χ1n) is 8.22. The molecule has 0 saturated heterocycles. The van der Waals surface area contributed by atoms with Crippen LogP contribution in [0, 0.1) is 0 Å². The van der Waals surface area contributed by atoms with Crippen LogP contribution in [0.15, 0.2) is 6.20 Å². The Kier molecular flexibility index (Phi) is 8.55. The van der Waals surface area contributed by atoms with Crippen LogP contribution in [0.3, 0.4) is 0 Å². The normalized spacial score (nSPS) is 10.8. The average molecular weight is 294 g/mol. The second-order valence-electron chi connectivity index (χ2n) is 5.70. The monoisotopic (exact) mass is 294 g/mol. The first-order valence-corrected chi connectivity index (χ1v) is 8.22. The smallest absolute Gasteiger partial charge is 0.225 e. The quantitative estimate of drug-likeness (QED) is 0.609. The van der Waals surface area contributed by atoms with Gasteiger partial charge in [-0.2, -0.15) is 5.10 Å². The fourth-order valence-corrected chi connectivity index (χ4v) is 2.40. The summed E-state index contributed by atoms with van der Waals surface area (Å²) in [6.07, 6.45) is 13.4. The Morgan fingerprint density at radius 2 is 1.71 bits per heavy atom. The number of rotatable bonds is 11. The van der Waals surface area contributed by atoms with Gasteiger partial charge < -0.3 is 11.1 Å². The van der Waals surface area contributed by atoms with Gasteiger partial charge in [-0.15, -0.1) is 0 Å². The molecule has 3 N–H and O–H groups in total. The molecule has 0 radical (unpaired) electrons. The molecular weight excluding hydrogens is 264 g/mol. The predicted octanol–water partition coefficient (Wildman–Crippen LogP) is 3.86. The number of aromatic nitrogens is 2. The molecule has 1 aromatic rings. The molecule has 1 heterocycles. The molecule has 5 heteroatoms. The van der Waals surface area contributed by atoms with Gasteiger partial charge in [-0.25, -0.2) is 0 Å². The molecule has 0 aliphatic heterocycles. The van der Waals surface area contributed by atoms with Crippen molar-refractivity contribution < 1.29 is 4.79 Å². The standard InChI is InChI=1S/C16H30N4O/c1-3-4-5-6-7-8-9-10-11-12-15(21)19-16-14(17)13-18-20(16)2/h13H,3-12,17H2,1-2H3,(H,19,21). The molecule has 5 nitrogen and oxygen atoms in total. The minimum Gasteiger partial charge on any atom is -0.394 e. The second-order valence-corrected chi connectivity index (χ2v) is 5.70. The van der Waals surface area contributed by atoms with Gasteiger partial charge in [0.15, 0.2) is 5.82 Å². The number of nitrogen functional groups attached to an aromatic ring is 1. The van der Waals surface area contributed by atoms with E-state index in [-0.39, 0.29) is 5.91 Å². The highest BCUT2D eigenvalue weighted by molar-refractivity contribution is 5.92. The molecule has 0 atom stereocenters. The molecule has 0 aromatic carbocycles. The number of amides is 1. The van der Waals surface area contributed by atoms with E-state index >= 15 is 0 Å². The molecule has 21 heavy (non-hydrogen) atoms. The fourth-order valence-electron chi connectivity index (χ4n) is 2.40. The lowest BCUT2D eigenvalue weighted by molar-refractivity contribution is -0.116. The number of carbonyl (C=O) groups excluding carboxylic acids is 1. The summed E-state index contributed by atoms with van der Waals surface area (Å²) in [6, 6.07) is 0. The number of nitrogens with two attached hydrogens (primary N) is 1. The van der Waals surface area contributed by atoms with E-state index in [1.165, 1.54) is 44.9 Å². The maximum Gasteiger partial charge on any atom is 0.225 e. The van der Waals surface area contributed by atoms with E-state index in [1.807, 2.05) is 0 Å². The van der Waals surface area contributed by atoms with Crippen molar-refractivity contribution >= 4 is 17.4 Å². The van der Waals surface area contributed by atoms with E-state index in [1.54, 1.807) is 17.9 Å². The van der Waals surface area contributed by atoms with E-state index in [0.717, 1.165) is 12.8 Å². The number of unbranched alkanes of at least 4 members (excludes halogenated alkanes) is 8. The molecular formula is C16H30N4O. The van der Waals surface area contributed by atoms with E-state index < -0.39 is 0 Å². The van der Waals surface area contributed by atoms with Crippen molar-refractivity contribution in [3.8, 4) is 0 Å². The summed E-state index contributed by atoms with van der Waals surface area (Å²) >= 11 is 0. The first kappa shape index (κ1) is 17.5. The Balaban J connectivity index is 2.01. The van der Waals surface area contributed by atoms with Crippen LogP contribution in [0.4, 0.5) is 11.5 Å². The lowest BCUT2D eigenvalue weighted by atomic mass is 10.1. The molecule has 1 rings (SSSR count). The van der Waals surface area contributed by atoms with Gasteiger partial charge in [-0.1, -0.05) is 58.3 Å². The van der Waals surface area contributed by atoms with Crippen molar-refractivity contribution in [3.63, 3.8) is 0 Å². The Hall–Kier alpha value is -1.52. The van der Waals surface area contributed by atoms with Crippen LogP contribution in [-0.2, 0) is 11.8 Å². The van der Waals surface area contributed by atoms with E-state index in [4.69, 9.17) is 5.73 Å². The summed E-state index contributed by atoms with van der Waals surface area (Å²) in [5.41, 5.74) is 6.25. The number of hydrogen-bond donors (Lipinski definition) is 2. The van der Waals surface area contributed by atoms with Gasteiger partial charge in [0, 0.05) is 13.5 Å². The van der Waals surface area contributed by atoms with Gasteiger partial charge >= 0.3 is 0 Å². The highest BCUT2D eigenvalue weighted by Crippen LogP contribution is 2.16. The van der Waals surface area contributed by atoms with Crippen molar-refractivity contribution in [2.45, 2.75) is 71.1 Å². The third-order valence-corrected chi connectivity index (χ3v) is 3.73. The van der Waals surface area contributed by atoms with Gasteiger partial charge in [-0.05, 0) is 6.42 Å². The Morgan fingerprint density at radius 1 is 1.14 bits per heavy atom. The number of nitrogens with one attached hydrogen (secondary N) is 1. The third-order valence-electron chi connectivity index (χ3n) is 3.73. The van der Waals surface area contributed by atoms with Crippen LogP contribution < -0.4 is 11.1 Å². The van der Waals surface area contributed by atoms with Gasteiger partial charge in [0.2, 0.25) is 5.91 Å². The zero-order valence-corrected chi connectivity index (χ0v) is 13.5. The Morgan fingerprint density at radius 3 is 2.24 bits per heavy atom. The maximum atomic E-state index is 11.8. The highest BCUT2D eigenvalue weighted by Gasteiger charge is 2.09. The molecule has 0 fully saturated rings. The molecule has 1 aromatic heterocycles. The molecule has 1 amide bonds. The maximum absolute atomic E-state index is 11.8. The highest BCUT2D eigenvalue weighted by atomic mass is 16.1. The molecule has 0 saturated carbocycles. The zero-order valence-electron chi connectivity index (χ0n) is 13.5. The lowest BCUT2D eigenvalue weighted by Crippen LogP contribution is -2.15. The van der Waals surface area contributed by atoms with Gasteiger partial charge in [-0.3, -0.25) is 9.48 Å². The fraction of sp³-hybridized carbons (Fsp3) is 0.750. The molecule has 0 aliphatic rings. The molecule has 0 unspecified atom stereocenters. The predicted molar refractivity (Wildman–Crippen MR) is 88.1 cm³/mol. The van der Waals surface area contributed by atoms with Crippen molar-refractivity contribution in [2.24, 2.45) is 7.05 Å². The summed E-state index contributed by atoms with van der Waals surface area (Å²) in [4.78, 5) is 11.8. The van der Waals surface area contributed by atoms with Crippen LogP contribution >= 0.6 is 0 Å². The summed E-state index contributed by atoms with van der Waals surface area (Å²) in [6.45, 7) is 2.24. The van der Waals surface area contributed by atoms with Gasteiger partial charge in [0.1, 0.15) is 0 Å². The number of carbonyl (C=O) groups is 1. The minimum absolute atomic E-state index is 0.0215. The van der Waals surface area contributed by atoms with Gasteiger partial charge in [0.25, 0.3) is 0 Å². The number of hydrogen-bond acceptors (Lipinski definition) is 3. The van der Waals surface area contributed by atoms with Crippen molar-refractivity contribution in [1.82, 2.24) is 9.78 Å². The van der Waals surface area contributed by atoms with Crippen LogP contribution in [-0.4, -0.2) is 15.7 Å². The first-order chi connectivity index (χ1) is 10.1. The van der Waals surface area contributed by atoms with Gasteiger partial charge in [0.05, 0.1) is 11.9 Å². The zero-order chi connectivity index (χ0) is 15.5. The Labute approximate surface area is 128 Å². The summed E-state index contributed by atoms with van der Waals surface area (Å²) < 4.78 is 1.59. The third kappa shape index (κ3) is 7.16. The van der Waals surface area contributed by atoms with E-state index in [9.17, 15) is 4.79 Å². The van der Waals surface area contributed by atoms with Crippen LogP contribution in [0.25, 0.3) is 0 Å². The summed E-state index contributed by atoms with van der Waals surface area (Å²) in [5.74, 6) is 0.615. The molecule has 120 valence electrons. The molecule has 0 bridgehead atoms. The van der Waals surface area contributed by atoms with Crippen molar-refractivity contribution in [1.29, 1.82) is 0 Å². The largest absolute Gasteiger partial charge is 0.394 e. The second kappa shape index (κ2) is 10.2. The van der Waals surface area contributed by atoms with Crippen molar-refractivity contribution in [2.75, 3.05) is 11.1 Å². The van der Waals surface area contributed by atoms with Crippen LogP contribution in [0.1, 0.15) is 71.1 Å². The summed E-state index contributed by atoms with van der Waals surface area (Å²) in [7, 11) is 1.77. The van der Waals surface area contributed by atoms with Crippen LogP contribution in [0.5, 0.6) is 0 Å². The molecule has 0 spiro atoms. The number of aryl methyl sites for hydroxylation is 1. The number of anilines is 2. The number of nitrogens with zero attached hydrogens (tertiary/aromatic N) is 2. The Bertz CT molecular complexity index is 395. The summed E-state index contributed by atoms with van der Waals surface area (Å²) in [5, 5.41) is 6.82. The average Bonchev–Trinajstić information content (AvgIpc) is 2.77. The van der Waals surface area contributed by atoms with Crippen LogP contribution in [0.2, 0.25) is 0 Å². The topological polar surface area (TPSA) is 72.9 Å². The lowest BCUT2D eigenvalue weighted by Gasteiger charge is -2.06. The SMILES string of the molecule is CCCCCCCCCCCC(=O)Nc1c(N)cnn1C. The van der Waals surface area contributed by atoms with Crippen molar-refractivity contribution in [3.05, 3.63) is 6.20 Å². The van der Waals surface area contributed by atoms with E-state index in [2.05, 4.69) is 17.3 Å². The van der Waals surface area contributed by atoms with E-state index in [0.29, 0.717) is 17.9 Å². The minimum atomic E-state index is 0.0215. The molecule has 0 aliphatic carbocycles.